The third kappa shape index (κ3) is 3.18. The summed E-state index contributed by atoms with van der Waals surface area (Å²) >= 11 is 6.17. The zero-order valence-electron chi connectivity index (χ0n) is 14.7. The number of ether oxygens (including phenoxy) is 1. The van der Waals surface area contributed by atoms with E-state index in [-0.39, 0.29) is 6.10 Å². The number of hydrogen-bond acceptors (Lipinski definition) is 3. The van der Waals surface area contributed by atoms with Gasteiger partial charge in [0.15, 0.2) is 0 Å². The molecule has 2 aromatic rings. The highest BCUT2D eigenvalue weighted by Gasteiger charge is 2.56. The van der Waals surface area contributed by atoms with Crippen molar-refractivity contribution in [3.63, 3.8) is 0 Å². The maximum Gasteiger partial charge on any atom is 0.243 e. The van der Waals surface area contributed by atoms with Gasteiger partial charge in [-0.2, -0.15) is 4.31 Å². The topological polar surface area (TPSA) is 49.9 Å². The zero-order valence-corrected chi connectivity index (χ0v) is 16.3. The van der Waals surface area contributed by atoms with Crippen LogP contribution in [0.4, 0.5) is 0 Å². The van der Waals surface area contributed by atoms with Gasteiger partial charge in [-0.05, 0) is 43.0 Å². The third-order valence-electron chi connectivity index (χ3n) is 5.44. The molecule has 2 aromatic carbocycles. The molecule has 6 heteroatoms. The summed E-state index contributed by atoms with van der Waals surface area (Å²) in [4.78, 5) is 0.317. The number of alkyl halides is 1. The van der Waals surface area contributed by atoms with Gasteiger partial charge in [0, 0.05) is 13.1 Å². The molecule has 2 atom stereocenters. The van der Waals surface area contributed by atoms with E-state index in [1.165, 1.54) is 0 Å². The Morgan fingerprint density at radius 1 is 1.15 bits per heavy atom. The van der Waals surface area contributed by atoms with Gasteiger partial charge < -0.3 is 4.74 Å². The van der Waals surface area contributed by atoms with E-state index in [9.17, 15) is 8.42 Å². The number of epoxide rings is 1. The molecule has 2 aliphatic heterocycles. The van der Waals surface area contributed by atoms with Crippen molar-refractivity contribution in [2.45, 2.75) is 42.9 Å². The molecule has 26 heavy (non-hydrogen) atoms. The van der Waals surface area contributed by atoms with Crippen molar-refractivity contribution in [2.75, 3.05) is 12.4 Å². The number of aryl methyl sites for hydroxylation is 2. The fourth-order valence-electron chi connectivity index (χ4n) is 3.64. The van der Waals surface area contributed by atoms with E-state index < -0.39 is 15.6 Å². The Labute approximate surface area is 159 Å². The van der Waals surface area contributed by atoms with Gasteiger partial charge in [-0.15, -0.1) is 11.6 Å². The maximum absolute atomic E-state index is 13.3. The fraction of sp³-hybridized carbons (Fsp3) is 0.400. The van der Waals surface area contributed by atoms with Crippen molar-refractivity contribution >= 4 is 21.6 Å². The van der Waals surface area contributed by atoms with Crippen molar-refractivity contribution in [1.82, 2.24) is 4.31 Å². The first-order valence-corrected chi connectivity index (χ1v) is 10.8. The minimum Gasteiger partial charge on any atom is -0.363 e. The molecule has 138 valence electrons. The molecule has 0 saturated carbocycles. The lowest BCUT2D eigenvalue weighted by Crippen LogP contribution is -2.35. The predicted molar refractivity (Wildman–Crippen MR) is 102 cm³/mol. The minimum atomic E-state index is -3.61. The lowest BCUT2D eigenvalue weighted by Gasteiger charge is -2.22. The molecule has 0 aromatic heterocycles. The summed E-state index contributed by atoms with van der Waals surface area (Å²) in [5.74, 6) is 0.387. The van der Waals surface area contributed by atoms with Crippen molar-refractivity contribution in [1.29, 1.82) is 0 Å². The van der Waals surface area contributed by atoms with Crippen molar-refractivity contribution in [3.05, 3.63) is 65.2 Å². The van der Waals surface area contributed by atoms with Crippen LogP contribution in [0.2, 0.25) is 0 Å². The number of rotatable bonds is 3. The predicted octanol–water partition coefficient (Wildman–Crippen LogP) is 3.51. The van der Waals surface area contributed by atoms with Crippen LogP contribution < -0.4 is 0 Å². The largest absolute Gasteiger partial charge is 0.363 e. The molecule has 0 amide bonds. The van der Waals surface area contributed by atoms with Crippen LogP contribution in [0, 0.1) is 6.92 Å². The highest BCUT2D eigenvalue weighted by Crippen LogP contribution is 2.44. The van der Waals surface area contributed by atoms with Gasteiger partial charge in [0.1, 0.15) is 11.7 Å². The van der Waals surface area contributed by atoms with Crippen LogP contribution in [0.25, 0.3) is 0 Å². The molecule has 4 nitrogen and oxygen atoms in total. The molecule has 2 aliphatic rings. The average Bonchev–Trinajstić information content (AvgIpc) is 3.33. The molecule has 4 rings (SSSR count). The number of nitrogens with zero attached hydrogens (tertiary/aromatic N) is 1. The summed E-state index contributed by atoms with van der Waals surface area (Å²) in [6.07, 6.45) is 1.52. The zero-order chi connectivity index (χ0) is 18.4. The molecule has 2 heterocycles. The molecule has 0 bridgehead atoms. The monoisotopic (exact) mass is 391 g/mol. The Morgan fingerprint density at radius 3 is 2.54 bits per heavy atom. The van der Waals surface area contributed by atoms with Gasteiger partial charge in [0.25, 0.3) is 0 Å². The fourth-order valence-corrected chi connectivity index (χ4v) is 5.43. The molecule has 1 saturated heterocycles. The Balaban J connectivity index is 1.73. The highest BCUT2D eigenvalue weighted by molar-refractivity contribution is 7.89. The van der Waals surface area contributed by atoms with Gasteiger partial charge in [-0.3, -0.25) is 0 Å². The molecule has 0 N–H and O–H groups in total. The second kappa shape index (κ2) is 6.64. The van der Waals surface area contributed by atoms with Gasteiger partial charge >= 0.3 is 0 Å². The highest BCUT2D eigenvalue weighted by atomic mass is 35.5. The van der Waals surface area contributed by atoms with Gasteiger partial charge in [0.05, 0.1) is 10.8 Å². The van der Waals surface area contributed by atoms with Crippen LogP contribution in [0.3, 0.4) is 0 Å². The van der Waals surface area contributed by atoms with E-state index >= 15 is 0 Å². The second-order valence-corrected chi connectivity index (χ2v) is 9.39. The lowest BCUT2D eigenvalue weighted by atomic mass is 9.96. The van der Waals surface area contributed by atoms with Crippen LogP contribution in [-0.2, 0) is 27.7 Å². The van der Waals surface area contributed by atoms with E-state index in [0.717, 1.165) is 29.5 Å². The quantitative estimate of drug-likeness (QED) is 0.594. The SMILES string of the molecule is Cc1ccc(S(=O)(=O)N2Cc3ccccc3CC[C@]3(CCl)OC3C2)cc1. The smallest absolute Gasteiger partial charge is 0.243 e. The number of hydrogen-bond donors (Lipinski definition) is 0. The lowest BCUT2D eigenvalue weighted by molar-refractivity contribution is 0.281. The first-order valence-electron chi connectivity index (χ1n) is 8.82. The summed E-state index contributed by atoms with van der Waals surface area (Å²) in [5, 5.41) is 0. The van der Waals surface area contributed by atoms with Crippen LogP contribution in [-0.4, -0.2) is 36.9 Å². The molecular weight excluding hydrogens is 370 g/mol. The van der Waals surface area contributed by atoms with Crippen LogP contribution in [0.15, 0.2) is 53.4 Å². The second-order valence-electron chi connectivity index (χ2n) is 7.18. The first kappa shape index (κ1) is 18.0. The molecule has 0 spiro atoms. The molecular formula is C20H22ClNO3S. The third-order valence-corrected chi connectivity index (χ3v) is 7.72. The molecule has 1 unspecified atom stereocenters. The first-order chi connectivity index (χ1) is 12.4. The normalized spacial score (nSPS) is 26.2. The Bertz CT molecular complexity index is 913. The van der Waals surface area contributed by atoms with Crippen LogP contribution in [0.5, 0.6) is 0 Å². The molecule has 0 radical (unpaired) electrons. The average molecular weight is 392 g/mol. The van der Waals surface area contributed by atoms with E-state index in [4.69, 9.17) is 16.3 Å². The van der Waals surface area contributed by atoms with Crippen LogP contribution >= 0.6 is 11.6 Å². The molecule has 1 fully saturated rings. The minimum absolute atomic E-state index is 0.144. The summed E-state index contributed by atoms with van der Waals surface area (Å²) in [5.41, 5.74) is 2.84. The van der Waals surface area contributed by atoms with Gasteiger partial charge in [-0.25, -0.2) is 8.42 Å². The Kier molecular flexibility index (Phi) is 4.59. The summed E-state index contributed by atoms with van der Waals surface area (Å²) < 4.78 is 34.0. The van der Waals surface area contributed by atoms with Gasteiger partial charge in [0.2, 0.25) is 10.0 Å². The number of halogens is 1. The van der Waals surface area contributed by atoms with Crippen molar-refractivity contribution in [2.24, 2.45) is 0 Å². The van der Waals surface area contributed by atoms with E-state index in [2.05, 4.69) is 6.07 Å². The van der Waals surface area contributed by atoms with Crippen LogP contribution in [0.1, 0.15) is 23.1 Å². The van der Waals surface area contributed by atoms with E-state index in [0.29, 0.717) is 23.9 Å². The Morgan fingerprint density at radius 2 is 1.85 bits per heavy atom. The number of fused-ring (bicyclic) bond motifs is 2. The summed E-state index contributed by atoms with van der Waals surface area (Å²) in [6.45, 7) is 2.63. The maximum atomic E-state index is 13.3. The molecule has 0 aliphatic carbocycles. The number of sulfonamides is 1. The van der Waals surface area contributed by atoms with Crippen molar-refractivity contribution in [3.8, 4) is 0 Å². The number of benzene rings is 2. The van der Waals surface area contributed by atoms with Crippen molar-refractivity contribution < 1.29 is 13.2 Å². The summed E-state index contributed by atoms with van der Waals surface area (Å²) in [7, 11) is -3.61. The summed E-state index contributed by atoms with van der Waals surface area (Å²) in [6, 6.07) is 15.0. The van der Waals surface area contributed by atoms with Gasteiger partial charge in [-0.1, -0.05) is 42.0 Å². The van der Waals surface area contributed by atoms with E-state index in [1.54, 1.807) is 16.4 Å². The van der Waals surface area contributed by atoms with E-state index in [1.807, 2.05) is 37.3 Å². The Hall–Kier alpha value is -1.40. The standard InChI is InChI=1S/C20H22ClNO3S/c1-15-6-8-18(9-7-15)26(23,24)22-12-17-5-3-2-4-16(17)10-11-20(14-21)19(13-22)25-20/h2-9,19H,10-14H2,1H3/t19?,20-/m1/s1.